The van der Waals surface area contributed by atoms with Crippen LogP contribution in [0, 0.1) is 5.92 Å². The quantitative estimate of drug-likeness (QED) is 0.567. The number of halogens is 6. The van der Waals surface area contributed by atoms with Crippen molar-refractivity contribution in [3.8, 4) is 0 Å². The van der Waals surface area contributed by atoms with E-state index in [0.717, 1.165) is 0 Å². The van der Waals surface area contributed by atoms with Crippen molar-refractivity contribution < 1.29 is 35.9 Å². The minimum absolute atomic E-state index is 0.0696. The van der Waals surface area contributed by atoms with Crippen LogP contribution in [0.2, 0.25) is 0 Å². The van der Waals surface area contributed by atoms with Crippen molar-refractivity contribution in [1.82, 2.24) is 4.98 Å². The zero-order chi connectivity index (χ0) is 20.7. The maximum atomic E-state index is 13.7. The van der Waals surface area contributed by atoms with Gasteiger partial charge >= 0.3 is 12.4 Å². The van der Waals surface area contributed by atoms with E-state index in [4.69, 9.17) is 4.74 Å². The Balaban J connectivity index is 1.86. The second-order valence-corrected chi connectivity index (χ2v) is 7.18. The van der Waals surface area contributed by atoms with Gasteiger partial charge in [-0.3, -0.25) is 4.79 Å². The van der Waals surface area contributed by atoms with Gasteiger partial charge in [-0.25, -0.2) is 4.98 Å². The number of ether oxygens (including phenoxy) is 1. The summed E-state index contributed by atoms with van der Waals surface area (Å²) in [5, 5.41) is -0.0848. The number of hydrogen-bond acceptors (Lipinski definition) is 3. The highest BCUT2D eigenvalue weighted by Crippen LogP contribution is 2.40. The number of carbonyl (C=O) groups excluding carboxylic acids is 1. The van der Waals surface area contributed by atoms with E-state index in [9.17, 15) is 31.1 Å². The number of Topliss-reactive ketones (excluding diaryl/α,β-unsaturated/α-hetero) is 1. The Morgan fingerprint density at radius 2 is 1.71 bits per heavy atom. The van der Waals surface area contributed by atoms with Gasteiger partial charge in [0.2, 0.25) is 0 Å². The number of pyridine rings is 1. The van der Waals surface area contributed by atoms with Crippen LogP contribution in [0.4, 0.5) is 26.3 Å². The summed E-state index contributed by atoms with van der Waals surface area (Å²) in [5.74, 6) is -1.78. The van der Waals surface area contributed by atoms with Gasteiger partial charge in [-0.05, 0) is 38.2 Å². The summed E-state index contributed by atoms with van der Waals surface area (Å²) in [6.45, 7) is 1.27. The molecule has 0 aliphatic heterocycles. The molecule has 2 aliphatic rings. The molecule has 1 fully saturated rings. The van der Waals surface area contributed by atoms with E-state index >= 15 is 0 Å². The van der Waals surface area contributed by atoms with Crippen LogP contribution in [0.1, 0.15) is 49.5 Å². The van der Waals surface area contributed by atoms with E-state index in [2.05, 4.69) is 4.98 Å². The lowest BCUT2D eigenvalue weighted by atomic mass is 9.86. The summed E-state index contributed by atoms with van der Waals surface area (Å²) in [6, 6.07) is 2.44. The first-order valence-electron chi connectivity index (χ1n) is 8.98. The second-order valence-electron chi connectivity index (χ2n) is 7.18. The Kier molecular flexibility index (Phi) is 5.58. The summed E-state index contributed by atoms with van der Waals surface area (Å²) < 4.78 is 85.1. The van der Waals surface area contributed by atoms with Crippen LogP contribution in [0.3, 0.4) is 0 Å². The third-order valence-corrected chi connectivity index (χ3v) is 5.22. The van der Waals surface area contributed by atoms with E-state index in [1.165, 1.54) is 25.1 Å². The molecule has 28 heavy (non-hydrogen) atoms. The molecule has 2 aliphatic carbocycles. The van der Waals surface area contributed by atoms with Crippen LogP contribution in [-0.2, 0) is 4.74 Å². The van der Waals surface area contributed by atoms with Crippen LogP contribution < -0.4 is 10.6 Å². The maximum Gasteiger partial charge on any atom is 0.415 e. The van der Waals surface area contributed by atoms with Crippen molar-refractivity contribution >= 4 is 17.4 Å². The summed E-state index contributed by atoms with van der Waals surface area (Å²) >= 11 is 0. The fraction of sp³-hybridized carbons (Fsp3) is 0.579. The van der Waals surface area contributed by atoms with E-state index in [1.807, 2.05) is 0 Å². The average Bonchev–Trinajstić information content (AvgIpc) is 2.59. The minimum Gasteiger partial charge on any atom is -0.370 e. The van der Waals surface area contributed by atoms with Crippen molar-refractivity contribution in [2.75, 3.05) is 0 Å². The zero-order valence-electron chi connectivity index (χ0n) is 15.0. The molecule has 9 heteroatoms. The highest BCUT2D eigenvalue weighted by molar-refractivity contribution is 5.92. The maximum absolute atomic E-state index is 13.7. The summed E-state index contributed by atoms with van der Waals surface area (Å²) in [7, 11) is 0. The Morgan fingerprint density at radius 1 is 1.07 bits per heavy atom. The van der Waals surface area contributed by atoms with Crippen LogP contribution in [0.15, 0.2) is 12.1 Å². The zero-order valence-corrected chi connectivity index (χ0v) is 15.0. The molecule has 0 radical (unpaired) electrons. The molecule has 0 amide bonds. The van der Waals surface area contributed by atoms with E-state index < -0.39 is 36.1 Å². The number of rotatable bonds is 3. The molecule has 0 N–H and O–H groups in total. The smallest absolute Gasteiger partial charge is 0.370 e. The summed E-state index contributed by atoms with van der Waals surface area (Å²) in [5.41, 5.74) is -0.827. The van der Waals surface area contributed by atoms with E-state index in [0.29, 0.717) is 0 Å². The Bertz CT molecular complexity index is 866. The highest BCUT2D eigenvalue weighted by atomic mass is 19.4. The first-order chi connectivity index (χ1) is 13.0. The van der Waals surface area contributed by atoms with Crippen LogP contribution in [-0.4, -0.2) is 35.3 Å². The predicted octanol–water partition coefficient (Wildman–Crippen LogP) is 3.69. The molecule has 1 saturated carbocycles. The molecule has 0 spiro atoms. The number of hydrogen-bond donors (Lipinski definition) is 0. The lowest BCUT2D eigenvalue weighted by molar-refractivity contribution is -0.188. The Morgan fingerprint density at radius 3 is 2.25 bits per heavy atom. The summed E-state index contributed by atoms with van der Waals surface area (Å²) in [6.07, 6.45) is -9.70. The molecule has 154 valence electrons. The van der Waals surface area contributed by atoms with Gasteiger partial charge in [0.05, 0.1) is 29.0 Å². The van der Waals surface area contributed by atoms with Crippen molar-refractivity contribution in [2.45, 2.75) is 63.6 Å². The fourth-order valence-corrected chi connectivity index (χ4v) is 3.78. The molecule has 3 rings (SSSR count). The van der Waals surface area contributed by atoms with Crippen molar-refractivity contribution in [1.29, 1.82) is 0 Å². The topological polar surface area (TPSA) is 39.2 Å². The predicted molar refractivity (Wildman–Crippen MR) is 88.7 cm³/mol. The van der Waals surface area contributed by atoms with Crippen molar-refractivity contribution in [3.63, 3.8) is 0 Å². The molecule has 3 nitrogen and oxygen atoms in total. The number of alkyl halides is 6. The van der Waals surface area contributed by atoms with Crippen molar-refractivity contribution in [2.24, 2.45) is 5.92 Å². The van der Waals surface area contributed by atoms with Gasteiger partial charge in [0.25, 0.3) is 0 Å². The highest BCUT2D eigenvalue weighted by Gasteiger charge is 2.44. The monoisotopic (exact) mass is 407 g/mol. The van der Waals surface area contributed by atoms with Gasteiger partial charge in [-0.15, -0.1) is 0 Å². The second kappa shape index (κ2) is 7.50. The van der Waals surface area contributed by atoms with Crippen LogP contribution >= 0.6 is 0 Å². The lowest BCUT2D eigenvalue weighted by Crippen LogP contribution is -2.44. The average molecular weight is 407 g/mol. The van der Waals surface area contributed by atoms with Crippen LogP contribution in [0.5, 0.6) is 0 Å². The van der Waals surface area contributed by atoms with Gasteiger partial charge in [0, 0.05) is 12.1 Å². The molecule has 0 bridgehead atoms. The third-order valence-electron chi connectivity index (χ3n) is 5.22. The van der Waals surface area contributed by atoms with E-state index in [1.54, 1.807) is 0 Å². The number of fused-ring (bicyclic) bond motifs is 1. The van der Waals surface area contributed by atoms with E-state index in [-0.39, 0.29) is 54.1 Å². The molecule has 1 unspecified atom stereocenters. The van der Waals surface area contributed by atoms with Gasteiger partial charge in [-0.1, -0.05) is 12.1 Å². The molecule has 1 aromatic rings. The van der Waals surface area contributed by atoms with Gasteiger partial charge in [-0.2, -0.15) is 26.3 Å². The van der Waals surface area contributed by atoms with Crippen molar-refractivity contribution in [3.05, 3.63) is 28.4 Å². The van der Waals surface area contributed by atoms with Crippen LogP contribution in [0.25, 0.3) is 11.6 Å². The largest absolute Gasteiger partial charge is 0.415 e. The molecular formula is C19H19F6NO2. The van der Waals surface area contributed by atoms with Gasteiger partial charge in [0.1, 0.15) is 5.69 Å². The minimum atomic E-state index is -4.68. The molecule has 1 aromatic heterocycles. The molecule has 1 heterocycles. The van der Waals surface area contributed by atoms with Gasteiger partial charge in [0.15, 0.2) is 5.78 Å². The lowest BCUT2D eigenvalue weighted by Gasteiger charge is -2.33. The third kappa shape index (κ3) is 4.39. The number of carbonyl (C=O) groups is 1. The number of nitrogens with zero attached hydrogens (tertiary/aromatic N) is 1. The normalized spacial score (nSPS) is 25.8. The fourth-order valence-electron chi connectivity index (χ4n) is 3.78. The SMILES string of the molecule is CC(=O)c1ccc2c(n1)=CCC(OC1CCC(C(F)(F)F)CC1)C=2C(F)(F)F. The first-order valence-corrected chi connectivity index (χ1v) is 8.98. The Labute approximate surface area is 157 Å². The molecule has 0 aromatic carbocycles. The van der Waals surface area contributed by atoms with Gasteiger partial charge < -0.3 is 4.74 Å². The standard InChI is InChI=1S/C19H19F6NO2/c1-10(27)14-7-6-13-15(26-14)8-9-16(17(13)19(23,24)25)28-12-4-2-11(3-5-12)18(20,21)22/h6-8,11-12,16H,2-5,9H2,1H3. The Hall–Kier alpha value is -1.90. The molecule has 1 atom stereocenters. The summed E-state index contributed by atoms with van der Waals surface area (Å²) in [4.78, 5) is 15.4. The number of aromatic nitrogens is 1. The first kappa shape index (κ1) is 20.8. The molecular weight excluding hydrogens is 388 g/mol. The number of ketones is 1. The molecule has 0 saturated heterocycles.